The number of anilines is 1. The number of hydrogen-bond donors (Lipinski definition) is 3. The van der Waals surface area contributed by atoms with Gasteiger partial charge >= 0.3 is 11.0 Å². The highest BCUT2D eigenvalue weighted by molar-refractivity contribution is 8.00. The van der Waals surface area contributed by atoms with E-state index in [9.17, 15) is 37.5 Å². The van der Waals surface area contributed by atoms with Gasteiger partial charge in [-0.15, -0.1) is 0 Å². The smallest absolute Gasteiger partial charge is 0.416 e. The molecule has 2 aliphatic heterocycles. The van der Waals surface area contributed by atoms with E-state index >= 15 is 0 Å². The predicted octanol–water partition coefficient (Wildman–Crippen LogP) is 3.15. The van der Waals surface area contributed by atoms with Crippen molar-refractivity contribution in [2.45, 2.75) is 28.9 Å². The van der Waals surface area contributed by atoms with Gasteiger partial charge in [-0.3, -0.25) is 29.1 Å². The molecule has 1 aromatic heterocycles. The summed E-state index contributed by atoms with van der Waals surface area (Å²) in [5, 5.41) is 14.5. The topological polar surface area (TPSA) is 118 Å². The van der Waals surface area contributed by atoms with Crippen molar-refractivity contribution in [1.29, 1.82) is 0 Å². The number of rotatable bonds is 4. The first-order chi connectivity index (χ1) is 17.0. The summed E-state index contributed by atoms with van der Waals surface area (Å²) < 4.78 is 40.1. The van der Waals surface area contributed by atoms with Crippen LogP contribution in [-0.4, -0.2) is 32.6 Å². The molecule has 0 aliphatic carbocycles. The average molecular weight is 536 g/mol. The molecule has 13 heteroatoms. The Labute approximate surface area is 209 Å². The number of benzene rings is 2. The fourth-order valence-electron chi connectivity index (χ4n) is 4.38. The lowest BCUT2D eigenvalue weighted by molar-refractivity contribution is -0.137. The van der Waals surface area contributed by atoms with E-state index in [1.54, 1.807) is 18.2 Å². The number of thiazole rings is 1. The van der Waals surface area contributed by atoms with Gasteiger partial charge in [0.15, 0.2) is 0 Å². The van der Waals surface area contributed by atoms with Crippen LogP contribution in [0.5, 0.6) is 5.75 Å². The number of carbonyl (C=O) groups excluding carboxylic acids is 3. The van der Waals surface area contributed by atoms with Crippen LogP contribution >= 0.6 is 23.1 Å². The molecule has 3 aromatic rings. The summed E-state index contributed by atoms with van der Waals surface area (Å²) >= 11 is 1.77. The van der Waals surface area contributed by atoms with Gasteiger partial charge in [0.2, 0.25) is 17.7 Å². The number of amides is 3. The maximum Gasteiger partial charge on any atom is 0.416 e. The SMILES string of the molecule is O=C(Cn1c2c(sc1=O)C(c1ccccc1O)C1C(=O)NC(=O)C1S2)Nc1cccc(C(F)(F)F)c1. The van der Waals surface area contributed by atoms with Gasteiger partial charge in [0.25, 0.3) is 0 Å². The van der Waals surface area contributed by atoms with Crippen molar-refractivity contribution in [2.24, 2.45) is 5.92 Å². The highest BCUT2D eigenvalue weighted by Crippen LogP contribution is 2.53. The molecule has 0 spiro atoms. The van der Waals surface area contributed by atoms with Crippen LogP contribution in [0.3, 0.4) is 0 Å². The van der Waals surface area contributed by atoms with E-state index in [0.29, 0.717) is 15.5 Å². The number of carbonyl (C=O) groups is 3. The minimum atomic E-state index is -4.59. The van der Waals surface area contributed by atoms with Crippen LogP contribution in [0, 0.1) is 5.92 Å². The predicted molar refractivity (Wildman–Crippen MR) is 125 cm³/mol. The molecule has 8 nitrogen and oxygen atoms in total. The fraction of sp³-hybridized carbons (Fsp3) is 0.217. The molecule has 2 aliphatic rings. The summed E-state index contributed by atoms with van der Waals surface area (Å²) in [7, 11) is 0. The number of imide groups is 1. The van der Waals surface area contributed by atoms with Crippen LogP contribution in [0.25, 0.3) is 0 Å². The van der Waals surface area contributed by atoms with Gasteiger partial charge in [0.1, 0.15) is 17.5 Å². The monoisotopic (exact) mass is 535 g/mol. The van der Waals surface area contributed by atoms with Gasteiger partial charge in [0.05, 0.1) is 16.5 Å². The van der Waals surface area contributed by atoms with Crippen LogP contribution in [0.1, 0.15) is 21.9 Å². The van der Waals surface area contributed by atoms with E-state index in [0.717, 1.165) is 45.9 Å². The van der Waals surface area contributed by atoms with Crippen molar-refractivity contribution < 1.29 is 32.7 Å². The molecule has 0 radical (unpaired) electrons. The molecule has 2 aromatic carbocycles. The number of nitrogens with zero attached hydrogens (tertiary/aromatic N) is 1. The minimum Gasteiger partial charge on any atom is -0.508 e. The van der Waals surface area contributed by atoms with Crippen LogP contribution in [0.2, 0.25) is 0 Å². The standard InChI is InChI=1S/C23H16F3N3O5S2/c24-23(25,26)10-4-3-5-11(8-10)27-14(31)9-29-21-18(36-22(29)34)15(12-6-1-2-7-13(12)30)16-17(35-21)20(33)28-19(16)32/h1-8,15-17,30H,9H2,(H,27,31)(H,28,32,33). The third-order valence-corrected chi connectivity index (χ3v) is 8.55. The Kier molecular flexibility index (Phi) is 5.91. The van der Waals surface area contributed by atoms with Gasteiger partial charge in [-0.05, 0) is 24.3 Å². The molecule has 5 rings (SSSR count). The Morgan fingerprint density at radius 3 is 2.56 bits per heavy atom. The van der Waals surface area contributed by atoms with Crippen molar-refractivity contribution in [3.8, 4) is 5.75 Å². The van der Waals surface area contributed by atoms with Crippen molar-refractivity contribution >= 4 is 46.5 Å². The number of phenols is 1. The van der Waals surface area contributed by atoms with Crippen LogP contribution in [-0.2, 0) is 27.1 Å². The minimum absolute atomic E-state index is 0.0902. The molecule has 3 heterocycles. The maximum absolute atomic E-state index is 13.0. The number of nitrogens with one attached hydrogen (secondary N) is 2. The molecular weight excluding hydrogens is 519 g/mol. The number of fused-ring (bicyclic) bond motifs is 2. The molecule has 0 bridgehead atoms. The summed E-state index contributed by atoms with van der Waals surface area (Å²) in [6.07, 6.45) is -4.59. The first-order valence-corrected chi connectivity index (χ1v) is 12.2. The van der Waals surface area contributed by atoms with E-state index in [1.165, 1.54) is 12.1 Å². The number of aromatic nitrogens is 1. The number of para-hydroxylation sites is 1. The molecule has 186 valence electrons. The van der Waals surface area contributed by atoms with E-state index in [-0.39, 0.29) is 11.4 Å². The summed E-state index contributed by atoms with van der Waals surface area (Å²) in [4.78, 5) is 50.7. The number of hydrogen-bond acceptors (Lipinski definition) is 7. The molecule has 3 unspecified atom stereocenters. The molecule has 3 atom stereocenters. The zero-order valence-corrected chi connectivity index (χ0v) is 19.7. The molecule has 1 saturated heterocycles. The third kappa shape index (κ3) is 4.17. The largest absolute Gasteiger partial charge is 0.508 e. The van der Waals surface area contributed by atoms with Crippen LogP contribution in [0.15, 0.2) is 58.4 Å². The molecular formula is C23H16F3N3O5S2. The second kappa shape index (κ2) is 8.82. The van der Waals surface area contributed by atoms with Gasteiger partial charge in [-0.1, -0.05) is 47.4 Å². The quantitative estimate of drug-likeness (QED) is 0.442. The summed E-state index contributed by atoms with van der Waals surface area (Å²) in [5.41, 5.74) is -0.664. The van der Waals surface area contributed by atoms with Gasteiger partial charge in [-0.25, -0.2) is 0 Å². The Morgan fingerprint density at radius 2 is 1.83 bits per heavy atom. The fourth-order valence-corrected chi connectivity index (χ4v) is 7.11. The molecule has 3 N–H and O–H groups in total. The van der Waals surface area contributed by atoms with Crippen molar-refractivity contribution in [2.75, 3.05) is 5.32 Å². The number of thioether (sulfide) groups is 1. The van der Waals surface area contributed by atoms with E-state index < -0.39 is 58.0 Å². The molecule has 3 amide bonds. The highest BCUT2D eigenvalue weighted by atomic mass is 32.2. The second-order valence-electron chi connectivity index (χ2n) is 8.20. The Morgan fingerprint density at radius 1 is 1.08 bits per heavy atom. The zero-order chi connectivity index (χ0) is 25.8. The summed E-state index contributed by atoms with van der Waals surface area (Å²) in [5.74, 6) is -3.59. The van der Waals surface area contributed by atoms with E-state index in [2.05, 4.69) is 10.6 Å². The Balaban J connectivity index is 1.50. The summed E-state index contributed by atoms with van der Waals surface area (Å²) in [6.45, 7) is -0.519. The zero-order valence-electron chi connectivity index (χ0n) is 18.0. The normalized spacial score (nSPS) is 21.0. The number of alkyl halides is 3. The maximum atomic E-state index is 13.0. The average Bonchev–Trinajstić information content (AvgIpc) is 3.27. The lowest BCUT2D eigenvalue weighted by Crippen LogP contribution is -2.32. The number of halogens is 3. The van der Waals surface area contributed by atoms with Crippen LogP contribution in [0.4, 0.5) is 18.9 Å². The van der Waals surface area contributed by atoms with Crippen molar-refractivity contribution in [3.05, 3.63) is 74.2 Å². The second-order valence-corrected chi connectivity index (χ2v) is 10.3. The van der Waals surface area contributed by atoms with E-state index in [4.69, 9.17) is 0 Å². The first kappa shape index (κ1) is 24.1. The molecule has 0 saturated carbocycles. The van der Waals surface area contributed by atoms with E-state index in [1.807, 2.05) is 0 Å². The highest BCUT2D eigenvalue weighted by Gasteiger charge is 2.53. The Bertz CT molecular complexity index is 1470. The van der Waals surface area contributed by atoms with Crippen molar-refractivity contribution in [1.82, 2.24) is 9.88 Å². The van der Waals surface area contributed by atoms with Gasteiger partial charge < -0.3 is 10.4 Å². The number of phenolic OH excluding ortho intramolecular Hbond substituents is 1. The first-order valence-electron chi connectivity index (χ1n) is 10.5. The van der Waals surface area contributed by atoms with Gasteiger partial charge in [-0.2, -0.15) is 13.2 Å². The molecule has 36 heavy (non-hydrogen) atoms. The summed E-state index contributed by atoms with van der Waals surface area (Å²) in [6, 6.07) is 10.4. The third-order valence-electron chi connectivity index (χ3n) is 5.93. The number of aromatic hydroxyl groups is 1. The lowest BCUT2D eigenvalue weighted by atomic mass is 9.82. The lowest BCUT2D eigenvalue weighted by Gasteiger charge is -2.31. The molecule has 1 fully saturated rings. The van der Waals surface area contributed by atoms with Crippen molar-refractivity contribution in [3.63, 3.8) is 0 Å². The van der Waals surface area contributed by atoms with Gasteiger partial charge in [0, 0.05) is 22.0 Å². The van der Waals surface area contributed by atoms with Crippen LogP contribution < -0.4 is 15.5 Å². The Hall–Kier alpha value is -3.58.